The lowest BCUT2D eigenvalue weighted by molar-refractivity contribution is 0.169. The molecule has 0 spiro atoms. The molecule has 0 saturated carbocycles. The van der Waals surface area contributed by atoms with E-state index >= 15 is 0 Å². The second-order valence-corrected chi connectivity index (χ2v) is 6.35. The molecule has 0 radical (unpaired) electrons. The summed E-state index contributed by atoms with van der Waals surface area (Å²) in [6.45, 7) is 0. The van der Waals surface area contributed by atoms with E-state index in [2.05, 4.69) is 4.74 Å². The van der Waals surface area contributed by atoms with Gasteiger partial charge < -0.3 is 4.74 Å². The van der Waals surface area contributed by atoms with E-state index in [0.29, 0.717) is 0 Å². The topological polar surface area (TPSA) is 84.5 Å². The van der Waals surface area contributed by atoms with Crippen molar-refractivity contribution < 1.29 is 17.9 Å². The minimum absolute atomic E-state index is 0.00386. The van der Waals surface area contributed by atoms with Crippen LogP contribution in [0.2, 0.25) is 8.67 Å². The molecular formula is C6H6Cl2N2O4S2. The summed E-state index contributed by atoms with van der Waals surface area (Å²) < 4.78 is 27.6. The van der Waals surface area contributed by atoms with Crippen molar-refractivity contribution in [1.82, 2.24) is 10.3 Å². The molecule has 0 bridgehead atoms. The van der Waals surface area contributed by atoms with Crippen molar-refractivity contribution in [3.8, 4) is 0 Å². The zero-order valence-corrected chi connectivity index (χ0v) is 10.9. The zero-order valence-electron chi connectivity index (χ0n) is 7.78. The van der Waals surface area contributed by atoms with Crippen molar-refractivity contribution in [1.29, 1.82) is 0 Å². The number of sulfonamides is 1. The fourth-order valence-electron chi connectivity index (χ4n) is 0.723. The summed E-state index contributed by atoms with van der Waals surface area (Å²) in [6.07, 6.45) is -0.943. The van der Waals surface area contributed by atoms with Crippen molar-refractivity contribution in [2.45, 2.75) is 4.90 Å². The molecular weight excluding hydrogens is 299 g/mol. The predicted molar refractivity (Wildman–Crippen MR) is 60.2 cm³/mol. The average Bonchev–Trinajstić information content (AvgIpc) is 2.55. The van der Waals surface area contributed by atoms with E-state index < -0.39 is 16.1 Å². The summed E-state index contributed by atoms with van der Waals surface area (Å²) in [7, 11) is -2.85. The quantitative estimate of drug-likeness (QED) is 0.831. The van der Waals surface area contributed by atoms with Crippen LogP contribution in [0.4, 0.5) is 4.79 Å². The molecule has 0 fully saturated rings. The fraction of sp³-hybridized carbons (Fsp3) is 0.167. The molecule has 10 heteroatoms. The first-order valence-electron chi connectivity index (χ1n) is 3.67. The molecule has 1 aromatic rings. The van der Waals surface area contributed by atoms with E-state index in [9.17, 15) is 13.2 Å². The summed E-state index contributed by atoms with van der Waals surface area (Å²) in [5, 5.41) is 0. The van der Waals surface area contributed by atoms with Gasteiger partial charge in [0.25, 0.3) is 10.0 Å². The Kier molecular flexibility index (Phi) is 4.39. The minimum Gasteiger partial charge on any atom is -0.452 e. The highest BCUT2D eigenvalue weighted by Gasteiger charge is 2.21. The highest BCUT2D eigenvalue weighted by Crippen LogP contribution is 2.33. The van der Waals surface area contributed by atoms with E-state index in [1.165, 1.54) is 6.07 Å². The number of hydrogen-bond acceptors (Lipinski definition) is 5. The van der Waals surface area contributed by atoms with Gasteiger partial charge in [-0.1, -0.05) is 23.2 Å². The maximum atomic E-state index is 11.6. The van der Waals surface area contributed by atoms with Crippen LogP contribution in [0, 0.1) is 0 Å². The second-order valence-electron chi connectivity index (χ2n) is 2.41. The van der Waals surface area contributed by atoms with E-state index in [1.54, 1.807) is 4.83 Å². The van der Waals surface area contributed by atoms with Crippen LogP contribution in [0.15, 0.2) is 11.0 Å². The third-order valence-electron chi connectivity index (χ3n) is 1.39. The number of ether oxygens (including phenoxy) is 1. The largest absolute Gasteiger partial charge is 0.452 e. The first kappa shape index (κ1) is 13.5. The van der Waals surface area contributed by atoms with Gasteiger partial charge in [0.05, 0.1) is 11.4 Å². The Labute approximate surface area is 106 Å². The maximum absolute atomic E-state index is 11.6. The molecule has 1 aromatic heterocycles. The van der Waals surface area contributed by atoms with Crippen LogP contribution in [0.1, 0.15) is 0 Å². The van der Waals surface area contributed by atoms with Crippen LogP contribution < -0.4 is 10.3 Å². The first-order valence-corrected chi connectivity index (χ1v) is 6.73. The highest BCUT2D eigenvalue weighted by molar-refractivity contribution is 7.89. The fourth-order valence-corrected chi connectivity index (χ4v) is 3.70. The summed E-state index contributed by atoms with van der Waals surface area (Å²) in [5.41, 5.74) is 1.81. The first-order chi connectivity index (χ1) is 7.36. The van der Waals surface area contributed by atoms with Crippen LogP contribution in [0.5, 0.6) is 0 Å². The molecule has 90 valence electrons. The normalized spacial score (nSPS) is 11.2. The van der Waals surface area contributed by atoms with E-state index in [4.69, 9.17) is 23.2 Å². The van der Waals surface area contributed by atoms with E-state index in [0.717, 1.165) is 18.4 Å². The minimum atomic E-state index is -3.94. The van der Waals surface area contributed by atoms with Crippen molar-refractivity contribution in [2.24, 2.45) is 0 Å². The standard InChI is InChI=1S/C6H6Cl2N2O4S2/c1-14-6(11)9-10-16(12,13)3-2-4(7)15-5(3)8/h2,10H,1H3,(H,9,11). The Hall–Kier alpha value is -0.540. The molecule has 0 unspecified atom stereocenters. The molecule has 16 heavy (non-hydrogen) atoms. The zero-order chi connectivity index (χ0) is 12.3. The number of thiophene rings is 1. The Morgan fingerprint density at radius 2 is 2.12 bits per heavy atom. The highest BCUT2D eigenvalue weighted by atomic mass is 35.5. The lowest BCUT2D eigenvalue weighted by Crippen LogP contribution is -2.41. The summed E-state index contributed by atoms with van der Waals surface area (Å²) in [6, 6.07) is 1.18. The Morgan fingerprint density at radius 1 is 1.50 bits per heavy atom. The molecule has 0 aromatic carbocycles. The van der Waals surface area contributed by atoms with Crippen LogP contribution in [-0.2, 0) is 14.8 Å². The molecule has 6 nitrogen and oxygen atoms in total. The van der Waals surface area contributed by atoms with Crippen LogP contribution in [0.25, 0.3) is 0 Å². The van der Waals surface area contributed by atoms with Crippen LogP contribution in [0.3, 0.4) is 0 Å². The maximum Gasteiger partial charge on any atom is 0.422 e. The van der Waals surface area contributed by atoms with Gasteiger partial charge >= 0.3 is 6.09 Å². The second kappa shape index (κ2) is 5.19. The van der Waals surface area contributed by atoms with Gasteiger partial charge in [-0.05, 0) is 6.07 Å². The van der Waals surface area contributed by atoms with Gasteiger partial charge in [0.15, 0.2) is 0 Å². The third kappa shape index (κ3) is 3.22. The number of nitrogens with one attached hydrogen (secondary N) is 2. The SMILES string of the molecule is COC(=O)NNS(=O)(=O)c1cc(Cl)sc1Cl. The van der Waals surface area contributed by atoms with Gasteiger partial charge in [-0.2, -0.15) is 0 Å². The third-order valence-corrected chi connectivity index (χ3v) is 4.39. The Bertz CT molecular complexity index is 499. The van der Waals surface area contributed by atoms with Gasteiger partial charge in [-0.25, -0.2) is 18.6 Å². The van der Waals surface area contributed by atoms with Gasteiger partial charge in [0, 0.05) is 0 Å². The van der Waals surface area contributed by atoms with Gasteiger partial charge in [0.1, 0.15) is 9.23 Å². The van der Waals surface area contributed by atoms with E-state index in [1.807, 2.05) is 5.43 Å². The number of rotatable bonds is 3. The summed E-state index contributed by atoms with van der Waals surface area (Å²) >= 11 is 12.1. The molecule has 1 rings (SSSR count). The van der Waals surface area contributed by atoms with Crippen molar-refractivity contribution in [3.63, 3.8) is 0 Å². The monoisotopic (exact) mass is 304 g/mol. The number of carbonyl (C=O) groups is 1. The number of hydrogen-bond donors (Lipinski definition) is 2. The van der Waals surface area contributed by atoms with Crippen molar-refractivity contribution >= 4 is 50.7 Å². The average molecular weight is 305 g/mol. The lowest BCUT2D eigenvalue weighted by atomic mass is 10.7. The number of carbonyl (C=O) groups excluding carboxylic acids is 1. The number of halogens is 2. The molecule has 0 aliphatic carbocycles. The molecule has 2 N–H and O–H groups in total. The van der Waals surface area contributed by atoms with Crippen molar-refractivity contribution in [2.75, 3.05) is 7.11 Å². The van der Waals surface area contributed by atoms with Crippen molar-refractivity contribution in [3.05, 3.63) is 14.7 Å². The summed E-state index contributed by atoms with van der Waals surface area (Å²) in [5.74, 6) is 0. The number of methoxy groups -OCH3 is 1. The molecule has 1 heterocycles. The molecule has 0 aliphatic heterocycles. The molecule has 1 amide bonds. The molecule has 0 saturated heterocycles. The summed E-state index contributed by atoms with van der Waals surface area (Å²) in [4.78, 5) is 12.2. The molecule has 0 atom stereocenters. The number of hydrazine groups is 1. The van der Waals surface area contributed by atoms with Gasteiger partial charge in [-0.15, -0.1) is 16.2 Å². The van der Waals surface area contributed by atoms with Crippen LogP contribution in [-0.4, -0.2) is 21.6 Å². The van der Waals surface area contributed by atoms with Gasteiger partial charge in [-0.3, -0.25) is 0 Å². The Morgan fingerprint density at radius 3 is 2.56 bits per heavy atom. The lowest BCUT2D eigenvalue weighted by Gasteiger charge is -2.05. The van der Waals surface area contributed by atoms with Crippen LogP contribution >= 0.6 is 34.5 Å². The smallest absolute Gasteiger partial charge is 0.422 e. The Balaban J connectivity index is 2.86. The van der Waals surface area contributed by atoms with Gasteiger partial charge in [0.2, 0.25) is 0 Å². The molecule has 0 aliphatic rings. The number of amides is 1. The predicted octanol–water partition coefficient (Wildman–Crippen LogP) is 1.60. The van der Waals surface area contributed by atoms with E-state index in [-0.39, 0.29) is 13.6 Å².